The van der Waals surface area contributed by atoms with E-state index in [1.165, 1.54) is 6.33 Å². The molecule has 0 atom stereocenters. The summed E-state index contributed by atoms with van der Waals surface area (Å²) in [5.74, 6) is 1.20. The highest BCUT2D eigenvalue weighted by Gasteiger charge is 2.18. The second kappa shape index (κ2) is 7.44. The van der Waals surface area contributed by atoms with Crippen molar-refractivity contribution in [2.24, 2.45) is 0 Å². The van der Waals surface area contributed by atoms with Crippen molar-refractivity contribution >= 4 is 34.2 Å². The molecule has 30 heavy (non-hydrogen) atoms. The number of benzene rings is 2. The minimum absolute atomic E-state index is 0.286. The molecule has 0 unspecified atom stereocenters. The maximum absolute atomic E-state index is 12.8. The number of hydrogen-bond acceptors (Lipinski definition) is 5. The number of rotatable bonds is 3. The number of halogens is 1. The van der Waals surface area contributed by atoms with Crippen LogP contribution < -0.4 is 15.4 Å². The summed E-state index contributed by atoms with van der Waals surface area (Å²) in [7, 11) is 0. The normalized spacial score (nSPS) is 12.7. The fourth-order valence-electron chi connectivity index (χ4n) is 3.54. The number of anilines is 1. The lowest BCUT2D eigenvalue weighted by atomic mass is 10.2. The number of ether oxygens (including phenoxy) is 1. The number of nitrogens with one attached hydrogen (secondary N) is 2. The summed E-state index contributed by atoms with van der Waals surface area (Å²) in [6.07, 6.45) is 3.23. The average molecular weight is 420 g/mol. The molecule has 0 aliphatic carbocycles. The second-order valence-corrected chi connectivity index (χ2v) is 7.54. The molecular weight excluding hydrogens is 402 g/mol. The summed E-state index contributed by atoms with van der Waals surface area (Å²) in [5, 5.41) is 7.48. The van der Waals surface area contributed by atoms with Gasteiger partial charge in [0.1, 0.15) is 12.1 Å². The van der Waals surface area contributed by atoms with E-state index in [1.807, 2.05) is 43.3 Å². The first-order valence-electron chi connectivity index (χ1n) is 9.48. The molecule has 3 heterocycles. The van der Waals surface area contributed by atoms with Gasteiger partial charge in [0.15, 0.2) is 0 Å². The molecule has 1 amide bonds. The first kappa shape index (κ1) is 18.6. The maximum atomic E-state index is 12.8. The average Bonchev–Trinajstić information content (AvgIpc) is 3.38. The number of hydrogen-bond donors (Lipinski definition) is 2. The predicted octanol–water partition coefficient (Wildman–Crippen LogP) is 4.87. The molecule has 0 fully saturated rings. The van der Waals surface area contributed by atoms with Gasteiger partial charge in [-0.15, -0.1) is 0 Å². The minimum atomic E-state index is -0.286. The number of nitrogens with zero attached hydrogens (tertiary/aromatic N) is 3. The number of aromatic nitrogens is 3. The Hall–Kier alpha value is -3.42. The fraction of sp³-hybridized carbons (Fsp3) is 0.136. The molecule has 1 aliphatic rings. The quantitative estimate of drug-likeness (QED) is 0.495. The van der Waals surface area contributed by atoms with E-state index in [0.29, 0.717) is 28.9 Å². The molecule has 8 heteroatoms. The van der Waals surface area contributed by atoms with Gasteiger partial charge in [-0.2, -0.15) is 0 Å². The number of carbonyl (C=O) groups is 1. The monoisotopic (exact) mass is 419 g/mol. The molecule has 5 rings (SSSR count). The lowest BCUT2D eigenvalue weighted by molar-refractivity contribution is 0.254. The van der Waals surface area contributed by atoms with Crippen molar-refractivity contribution in [2.45, 2.75) is 20.0 Å². The van der Waals surface area contributed by atoms with Crippen molar-refractivity contribution in [1.29, 1.82) is 0 Å². The van der Waals surface area contributed by atoms with E-state index in [4.69, 9.17) is 16.3 Å². The molecule has 0 saturated heterocycles. The molecule has 0 bridgehead atoms. The third kappa shape index (κ3) is 3.38. The highest BCUT2D eigenvalue weighted by molar-refractivity contribution is 6.33. The third-order valence-electron chi connectivity index (χ3n) is 5.05. The molecule has 2 aromatic heterocycles. The van der Waals surface area contributed by atoms with Gasteiger partial charge in [-0.3, -0.25) is 4.57 Å². The summed E-state index contributed by atoms with van der Waals surface area (Å²) >= 11 is 6.20. The molecule has 0 saturated carbocycles. The fourth-order valence-corrected chi connectivity index (χ4v) is 3.70. The molecule has 1 aliphatic heterocycles. The second-order valence-electron chi connectivity index (χ2n) is 7.13. The SMILES string of the molecule is Cc1ccc(Cl)c(NC(=O)n2ccc3cc(Oc4ncnc5c4CNC5)ccc32)c1. The first-order valence-corrected chi connectivity index (χ1v) is 9.86. The van der Waals surface area contributed by atoms with Crippen molar-refractivity contribution in [3.05, 3.63) is 76.8 Å². The van der Waals surface area contributed by atoms with Gasteiger partial charge in [-0.1, -0.05) is 17.7 Å². The Kier molecular flexibility index (Phi) is 4.61. The van der Waals surface area contributed by atoms with Crippen molar-refractivity contribution in [1.82, 2.24) is 19.9 Å². The Morgan fingerprint density at radius 1 is 1.17 bits per heavy atom. The number of aryl methyl sites for hydroxylation is 1. The molecule has 7 nitrogen and oxygen atoms in total. The topological polar surface area (TPSA) is 81.1 Å². The van der Waals surface area contributed by atoms with Crippen molar-refractivity contribution in [3.8, 4) is 11.6 Å². The van der Waals surface area contributed by atoms with E-state index in [-0.39, 0.29) is 6.03 Å². The summed E-state index contributed by atoms with van der Waals surface area (Å²) in [6, 6.07) is 12.6. The van der Waals surface area contributed by atoms with Gasteiger partial charge in [0.25, 0.3) is 0 Å². The van der Waals surface area contributed by atoms with E-state index in [9.17, 15) is 4.79 Å². The smallest absolute Gasteiger partial charge is 0.330 e. The van der Waals surface area contributed by atoms with Crippen LogP contribution in [0.2, 0.25) is 5.02 Å². The van der Waals surface area contributed by atoms with Crippen LogP contribution in [0, 0.1) is 6.92 Å². The van der Waals surface area contributed by atoms with Crippen LogP contribution in [0.25, 0.3) is 10.9 Å². The van der Waals surface area contributed by atoms with E-state index in [0.717, 1.165) is 34.3 Å². The van der Waals surface area contributed by atoms with Crippen LogP contribution in [0.3, 0.4) is 0 Å². The maximum Gasteiger partial charge on any atom is 0.330 e. The van der Waals surface area contributed by atoms with Crippen LogP contribution in [-0.4, -0.2) is 20.6 Å². The zero-order valence-corrected chi connectivity index (χ0v) is 16.9. The number of amides is 1. The zero-order chi connectivity index (χ0) is 20.7. The Bertz CT molecular complexity index is 1280. The Labute approximate surface area is 177 Å². The predicted molar refractivity (Wildman–Crippen MR) is 115 cm³/mol. The summed E-state index contributed by atoms with van der Waals surface area (Å²) in [6.45, 7) is 3.35. The summed E-state index contributed by atoms with van der Waals surface area (Å²) < 4.78 is 7.55. The van der Waals surface area contributed by atoms with Crippen LogP contribution in [0.15, 0.2) is 55.0 Å². The van der Waals surface area contributed by atoms with Crippen LogP contribution in [0.1, 0.15) is 16.8 Å². The van der Waals surface area contributed by atoms with Gasteiger partial charge in [-0.25, -0.2) is 14.8 Å². The highest BCUT2D eigenvalue weighted by atomic mass is 35.5. The molecule has 150 valence electrons. The summed E-state index contributed by atoms with van der Waals surface area (Å²) in [5.41, 5.74) is 4.29. The molecule has 0 radical (unpaired) electrons. The van der Waals surface area contributed by atoms with Gasteiger partial charge < -0.3 is 15.4 Å². The Balaban J connectivity index is 1.41. The lowest BCUT2D eigenvalue weighted by Crippen LogP contribution is -2.18. The number of fused-ring (bicyclic) bond motifs is 2. The summed E-state index contributed by atoms with van der Waals surface area (Å²) in [4.78, 5) is 21.3. The number of carbonyl (C=O) groups excluding carboxylic acids is 1. The van der Waals surface area contributed by atoms with E-state index in [2.05, 4.69) is 20.6 Å². The Morgan fingerprint density at radius 3 is 2.97 bits per heavy atom. The van der Waals surface area contributed by atoms with Crippen molar-refractivity contribution in [3.63, 3.8) is 0 Å². The largest absolute Gasteiger partial charge is 0.439 e. The van der Waals surface area contributed by atoms with Gasteiger partial charge in [-0.05, 0) is 48.9 Å². The highest BCUT2D eigenvalue weighted by Crippen LogP contribution is 2.30. The van der Waals surface area contributed by atoms with Gasteiger partial charge >= 0.3 is 6.03 Å². The van der Waals surface area contributed by atoms with Crippen LogP contribution in [0.5, 0.6) is 11.6 Å². The molecule has 0 spiro atoms. The van der Waals surface area contributed by atoms with Crippen LogP contribution >= 0.6 is 11.6 Å². The minimum Gasteiger partial charge on any atom is -0.439 e. The zero-order valence-electron chi connectivity index (χ0n) is 16.1. The van der Waals surface area contributed by atoms with Crippen LogP contribution in [0.4, 0.5) is 10.5 Å². The standard InChI is InChI=1S/C22H18ClN5O2/c1-13-2-4-17(23)18(8-13)27-22(29)28-7-6-14-9-15(3-5-20(14)28)30-21-16-10-24-11-19(16)25-12-26-21/h2-9,12,24H,10-11H2,1H3,(H,27,29). The van der Waals surface area contributed by atoms with E-state index in [1.54, 1.807) is 16.8 Å². The Morgan fingerprint density at radius 2 is 2.07 bits per heavy atom. The third-order valence-corrected chi connectivity index (χ3v) is 5.38. The molecule has 2 N–H and O–H groups in total. The molecule has 2 aromatic carbocycles. The van der Waals surface area contributed by atoms with E-state index >= 15 is 0 Å². The van der Waals surface area contributed by atoms with Crippen molar-refractivity contribution in [2.75, 3.05) is 5.32 Å². The first-order chi connectivity index (χ1) is 14.6. The lowest BCUT2D eigenvalue weighted by Gasteiger charge is -2.10. The van der Waals surface area contributed by atoms with Gasteiger partial charge in [0.05, 0.1) is 27.5 Å². The van der Waals surface area contributed by atoms with Crippen LogP contribution in [-0.2, 0) is 13.1 Å². The molecular formula is C22H18ClN5O2. The van der Waals surface area contributed by atoms with E-state index < -0.39 is 0 Å². The van der Waals surface area contributed by atoms with Crippen molar-refractivity contribution < 1.29 is 9.53 Å². The molecule has 4 aromatic rings. The van der Waals surface area contributed by atoms with Gasteiger partial charge in [0, 0.05) is 24.7 Å². The van der Waals surface area contributed by atoms with Gasteiger partial charge in [0.2, 0.25) is 5.88 Å².